The summed E-state index contributed by atoms with van der Waals surface area (Å²) in [4.78, 5) is 0. The maximum Gasteiger partial charge on any atom is 0.0704 e. The molecule has 0 bridgehead atoms. The minimum absolute atomic E-state index is 0.255. The number of hydrogen-bond acceptors (Lipinski definition) is 4. The molecule has 0 aromatic heterocycles. The second-order valence-electron chi connectivity index (χ2n) is 11.4. The highest BCUT2D eigenvalue weighted by Gasteiger charge is 2.41. The normalized spacial score (nSPS) is 37.4. The largest absolute Gasteiger partial charge is 0.382 e. The van der Waals surface area contributed by atoms with Gasteiger partial charge in [0.2, 0.25) is 0 Å². The Balaban J connectivity index is 1.95. The summed E-state index contributed by atoms with van der Waals surface area (Å²) in [5.41, 5.74) is 0.255. The van der Waals surface area contributed by atoms with Gasteiger partial charge in [0.15, 0.2) is 0 Å². The number of ether oxygens (including phenoxy) is 4. The number of allylic oxidation sites excluding steroid dienone is 2. The van der Waals surface area contributed by atoms with Gasteiger partial charge in [-0.3, -0.25) is 0 Å². The van der Waals surface area contributed by atoms with Gasteiger partial charge in [-0.1, -0.05) is 53.7 Å². The van der Waals surface area contributed by atoms with Crippen LogP contribution in [0.3, 0.4) is 0 Å². The van der Waals surface area contributed by atoms with Crippen LogP contribution in [0, 0.1) is 40.9 Å². The monoisotopic (exact) mass is 438 g/mol. The highest BCUT2D eigenvalue weighted by Crippen LogP contribution is 2.45. The molecule has 0 heterocycles. The SMILES string of the molecule is COCCOC1CC(C)C(/C=C/C2CC(C)C(OCCOC)C(C)C2)CC1C(C)(C)C. The Morgan fingerprint density at radius 3 is 1.84 bits per heavy atom. The van der Waals surface area contributed by atoms with Gasteiger partial charge >= 0.3 is 0 Å². The average Bonchev–Trinajstić information content (AvgIpc) is 2.68. The van der Waals surface area contributed by atoms with Gasteiger partial charge in [-0.25, -0.2) is 0 Å². The van der Waals surface area contributed by atoms with E-state index in [0.29, 0.717) is 74.1 Å². The third-order valence-corrected chi connectivity index (χ3v) is 7.74. The molecule has 2 aliphatic carbocycles. The van der Waals surface area contributed by atoms with Gasteiger partial charge in [0.25, 0.3) is 0 Å². The molecule has 2 rings (SSSR count). The lowest BCUT2D eigenvalue weighted by atomic mass is 9.64. The van der Waals surface area contributed by atoms with Crippen molar-refractivity contribution in [2.24, 2.45) is 40.9 Å². The van der Waals surface area contributed by atoms with E-state index in [1.54, 1.807) is 14.2 Å². The lowest BCUT2D eigenvalue weighted by Crippen LogP contribution is -2.42. The van der Waals surface area contributed by atoms with Crippen LogP contribution in [0.5, 0.6) is 0 Å². The first-order valence-electron chi connectivity index (χ1n) is 12.6. The molecule has 2 saturated carbocycles. The molecule has 0 radical (unpaired) electrons. The molecule has 2 fully saturated rings. The first-order valence-corrected chi connectivity index (χ1v) is 12.6. The Hall–Kier alpha value is -0.420. The van der Waals surface area contributed by atoms with Crippen LogP contribution in [-0.4, -0.2) is 52.9 Å². The standard InChI is InChI=1S/C27H50O4/c1-19-17-25(30-13-11-28-7)24(27(4,5)6)18-23(19)10-9-22-15-20(2)26(21(3)16-22)31-14-12-29-8/h9-10,19-26H,11-18H2,1-8H3/b10-9+. The Morgan fingerprint density at radius 2 is 1.29 bits per heavy atom. The van der Waals surface area contributed by atoms with E-state index in [1.165, 1.54) is 19.3 Å². The van der Waals surface area contributed by atoms with Crippen molar-refractivity contribution in [3.05, 3.63) is 12.2 Å². The van der Waals surface area contributed by atoms with Crippen LogP contribution in [0.4, 0.5) is 0 Å². The van der Waals surface area contributed by atoms with E-state index in [-0.39, 0.29) is 5.41 Å². The summed E-state index contributed by atoms with van der Waals surface area (Å²) in [6.45, 7) is 17.0. The second-order valence-corrected chi connectivity index (χ2v) is 11.4. The van der Waals surface area contributed by atoms with Crippen molar-refractivity contribution in [2.45, 2.75) is 79.4 Å². The zero-order chi connectivity index (χ0) is 23.0. The molecule has 2 aliphatic rings. The third-order valence-electron chi connectivity index (χ3n) is 7.74. The van der Waals surface area contributed by atoms with E-state index in [4.69, 9.17) is 18.9 Å². The van der Waals surface area contributed by atoms with Gasteiger partial charge in [-0.15, -0.1) is 0 Å². The van der Waals surface area contributed by atoms with Crippen LogP contribution >= 0.6 is 0 Å². The Kier molecular flexibility index (Phi) is 11.0. The predicted octanol–water partition coefficient (Wildman–Crippen LogP) is 6.00. The summed E-state index contributed by atoms with van der Waals surface area (Å²) in [5.74, 6) is 3.75. The van der Waals surface area contributed by atoms with Gasteiger partial charge < -0.3 is 18.9 Å². The summed E-state index contributed by atoms with van der Waals surface area (Å²) in [7, 11) is 3.48. The van der Waals surface area contributed by atoms with Crippen molar-refractivity contribution in [2.75, 3.05) is 40.6 Å². The maximum atomic E-state index is 6.28. The van der Waals surface area contributed by atoms with Crippen molar-refractivity contribution in [1.82, 2.24) is 0 Å². The van der Waals surface area contributed by atoms with Crippen LogP contribution in [-0.2, 0) is 18.9 Å². The number of hydrogen-bond donors (Lipinski definition) is 0. The smallest absolute Gasteiger partial charge is 0.0704 e. The molecule has 6 atom stereocenters. The molecule has 0 N–H and O–H groups in total. The number of rotatable bonds is 10. The van der Waals surface area contributed by atoms with E-state index >= 15 is 0 Å². The molecular weight excluding hydrogens is 388 g/mol. The zero-order valence-corrected chi connectivity index (χ0v) is 21.6. The summed E-state index contributed by atoms with van der Waals surface area (Å²) in [6, 6.07) is 0. The summed E-state index contributed by atoms with van der Waals surface area (Å²) in [5, 5.41) is 0. The van der Waals surface area contributed by atoms with Crippen LogP contribution < -0.4 is 0 Å². The molecule has 4 nitrogen and oxygen atoms in total. The van der Waals surface area contributed by atoms with Gasteiger partial charge in [-0.05, 0) is 66.6 Å². The Morgan fingerprint density at radius 1 is 0.710 bits per heavy atom. The molecule has 0 amide bonds. The molecule has 0 aliphatic heterocycles. The molecular formula is C27H50O4. The van der Waals surface area contributed by atoms with E-state index in [2.05, 4.69) is 53.7 Å². The quantitative estimate of drug-likeness (QED) is 0.310. The first kappa shape index (κ1) is 26.8. The summed E-state index contributed by atoms with van der Waals surface area (Å²) < 4.78 is 22.8. The fourth-order valence-electron chi connectivity index (χ4n) is 5.96. The van der Waals surface area contributed by atoms with Crippen molar-refractivity contribution < 1.29 is 18.9 Å². The van der Waals surface area contributed by atoms with Crippen LogP contribution in [0.1, 0.15) is 67.2 Å². The molecule has 182 valence electrons. The minimum atomic E-state index is 0.255. The highest BCUT2D eigenvalue weighted by atomic mass is 16.5. The van der Waals surface area contributed by atoms with Gasteiger partial charge in [0.05, 0.1) is 38.6 Å². The topological polar surface area (TPSA) is 36.9 Å². The molecule has 6 unspecified atom stereocenters. The van der Waals surface area contributed by atoms with E-state index in [1.807, 2.05) is 0 Å². The Labute approximate surface area is 192 Å². The fraction of sp³-hybridized carbons (Fsp3) is 0.926. The summed E-state index contributed by atoms with van der Waals surface area (Å²) >= 11 is 0. The lowest BCUT2D eigenvalue weighted by Gasteiger charge is -2.45. The molecule has 0 saturated heterocycles. The van der Waals surface area contributed by atoms with E-state index in [9.17, 15) is 0 Å². The Bertz CT molecular complexity index is 514. The van der Waals surface area contributed by atoms with Crippen molar-refractivity contribution >= 4 is 0 Å². The fourth-order valence-corrected chi connectivity index (χ4v) is 5.96. The molecule has 0 aromatic rings. The highest BCUT2D eigenvalue weighted by molar-refractivity contribution is 5.02. The third kappa shape index (κ3) is 8.14. The van der Waals surface area contributed by atoms with Gasteiger partial charge in [0, 0.05) is 14.2 Å². The van der Waals surface area contributed by atoms with Crippen LogP contribution in [0.2, 0.25) is 0 Å². The van der Waals surface area contributed by atoms with E-state index in [0.717, 1.165) is 6.42 Å². The summed E-state index contributed by atoms with van der Waals surface area (Å²) in [6.07, 6.45) is 10.6. The van der Waals surface area contributed by atoms with Crippen LogP contribution in [0.15, 0.2) is 12.2 Å². The first-order chi connectivity index (χ1) is 14.7. The molecule has 0 spiro atoms. The molecule has 0 aromatic carbocycles. The van der Waals surface area contributed by atoms with Crippen LogP contribution in [0.25, 0.3) is 0 Å². The zero-order valence-electron chi connectivity index (χ0n) is 21.6. The van der Waals surface area contributed by atoms with Crippen molar-refractivity contribution in [1.29, 1.82) is 0 Å². The number of methoxy groups -OCH3 is 2. The second kappa shape index (κ2) is 12.7. The van der Waals surface area contributed by atoms with Crippen molar-refractivity contribution in [3.8, 4) is 0 Å². The van der Waals surface area contributed by atoms with Crippen molar-refractivity contribution in [3.63, 3.8) is 0 Å². The lowest BCUT2D eigenvalue weighted by molar-refractivity contribution is -0.0800. The van der Waals surface area contributed by atoms with E-state index < -0.39 is 0 Å². The van der Waals surface area contributed by atoms with Gasteiger partial charge in [0.1, 0.15) is 0 Å². The minimum Gasteiger partial charge on any atom is -0.382 e. The maximum absolute atomic E-state index is 6.28. The van der Waals surface area contributed by atoms with Gasteiger partial charge in [-0.2, -0.15) is 0 Å². The molecule has 4 heteroatoms. The average molecular weight is 439 g/mol. The molecule has 31 heavy (non-hydrogen) atoms. The predicted molar refractivity (Wildman–Crippen MR) is 128 cm³/mol.